The Morgan fingerprint density at radius 1 is 0.952 bits per heavy atom. The van der Waals surface area contributed by atoms with Gasteiger partial charge in [0.1, 0.15) is 5.78 Å². The van der Waals surface area contributed by atoms with Gasteiger partial charge in [-0.2, -0.15) is 13.2 Å². The maximum absolute atomic E-state index is 12.6. The highest BCUT2D eigenvalue weighted by Gasteiger charge is 2.30. The second-order valence-electron chi connectivity index (χ2n) is 4.72. The third-order valence-electron chi connectivity index (χ3n) is 2.97. The van der Waals surface area contributed by atoms with Crippen LogP contribution in [0.2, 0.25) is 5.02 Å². The van der Waals surface area contributed by atoms with Crippen molar-refractivity contribution >= 4 is 17.4 Å². The number of benzene rings is 2. The molecular weight excluding hydrogens is 301 g/mol. The van der Waals surface area contributed by atoms with Crippen molar-refractivity contribution in [1.82, 2.24) is 0 Å². The summed E-state index contributed by atoms with van der Waals surface area (Å²) in [6, 6.07) is 11.7. The first-order valence-corrected chi connectivity index (χ1v) is 6.64. The molecule has 5 heteroatoms. The van der Waals surface area contributed by atoms with Crippen molar-refractivity contribution in [3.8, 4) is 0 Å². The van der Waals surface area contributed by atoms with Crippen molar-refractivity contribution in [3.63, 3.8) is 0 Å². The Balaban J connectivity index is 2.04. The Labute approximate surface area is 125 Å². The fourth-order valence-corrected chi connectivity index (χ4v) is 2.10. The Morgan fingerprint density at radius 2 is 1.57 bits per heavy atom. The number of Topliss-reactive ketones (excluding diaryl/α,β-unsaturated/α-hetero) is 1. The Hall–Kier alpha value is -1.81. The summed E-state index contributed by atoms with van der Waals surface area (Å²) in [5, 5.41) is 0.573. The molecule has 110 valence electrons. The first-order chi connectivity index (χ1) is 9.84. The topological polar surface area (TPSA) is 17.1 Å². The van der Waals surface area contributed by atoms with Gasteiger partial charge in [-0.05, 0) is 29.3 Å². The van der Waals surface area contributed by atoms with Gasteiger partial charge in [0.05, 0.1) is 5.56 Å². The van der Waals surface area contributed by atoms with Crippen LogP contribution in [0.1, 0.15) is 16.7 Å². The lowest BCUT2D eigenvalue weighted by atomic mass is 10.0. The summed E-state index contributed by atoms with van der Waals surface area (Å²) in [5.41, 5.74) is 0.416. The van der Waals surface area contributed by atoms with E-state index < -0.39 is 11.7 Å². The normalized spacial score (nSPS) is 11.4. The molecule has 0 heterocycles. The van der Waals surface area contributed by atoms with Crippen molar-refractivity contribution in [2.24, 2.45) is 0 Å². The smallest absolute Gasteiger partial charge is 0.299 e. The van der Waals surface area contributed by atoms with Gasteiger partial charge < -0.3 is 0 Å². The fourth-order valence-electron chi connectivity index (χ4n) is 1.98. The number of hydrogen-bond donors (Lipinski definition) is 0. The lowest BCUT2D eigenvalue weighted by Crippen LogP contribution is -2.09. The predicted molar refractivity (Wildman–Crippen MR) is 75.3 cm³/mol. The zero-order chi connectivity index (χ0) is 15.5. The van der Waals surface area contributed by atoms with Crippen LogP contribution in [-0.2, 0) is 23.8 Å². The molecule has 0 aromatic heterocycles. The van der Waals surface area contributed by atoms with Crippen molar-refractivity contribution in [2.45, 2.75) is 19.0 Å². The Kier molecular flexibility index (Phi) is 4.68. The van der Waals surface area contributed by atoms with Crippen molar-refractivity contribution in [1.29, 1.82) is 0 Å². The van der Waals surface area contributed by atoms with Crippen LogP contribution in [0.25, 0.3) is 0 Å². The van der Waals surface area contributed by atoms with E-state index in [9.17, 15) is 18.0 Å². The number of alkyl halides is 3. The molecule has 2 aromatic carbocycles. The third kappa shape index (κ3) is 4.60. The quantitative estimate of drug-likeness (QED) is 0.799. The number of carbonyl (C=O) groups excluding carboxylic acids is 1. The average molecular weight is 313 g/mol. The third-order valence-corrected chi connectivity index (χ3v) is 3.22. The number of hydrogen-bond acceptors (Lipinski definition) is 1. The van der Waals surface area contributed by atoms with E-state index >= 15 is 0 Å². The molecule has 2 aromatic rings. The van der Waals surface area contributed by atoms with Gasteiger partial charge in [-0.25, -0.2) is 0 Å². The van der Waals surface area contributed by atoms with Gasteiger partial charge in [0, 0.05) is 17.9 Å². The van der Waals surface area contributed by atoms with E-state index in [-0.39, 0.29) is 18.6 Å². The molecule has 0 bridgehead atoms. The van der Waals surface area contributed by atoms with E-state index in [2.05, 4.69) is 0 Å². The maximum atomic E-state index is 12.6. The minimum Gasteiger partial charge on any atom is -0.299 e. The molecule has 0 radical (unpaired) electrons. The van der Waals surface area contributed by atoms with Crippen LogP contribution in [0.4, 0.5) is 13.2 Å². The highest BCUT2D eigenvalue weighted by molar-refractivity contribution is 6.30. The maximum Gasteiger partial charge on any atom is 0.416 e. The highest BCUT2D eigenvalue weighted by Crippen LogP contribution is 2.29. The summed E-state index contributed by atoms with van der Waals surface area (Å²) < 4.78 is 37.8. The molecule has 1 nitrogen and oxygen atoms in total. The van der Waals surface area contributed by atoms with Gasteiger partial charge in [-0.3, -0.25) is 4.79 Å². The number of halogens is 4. The zero-order valence-electron chi connectivity index (χ0n) is 11.0. The molecule has 0 saturated carbocycles. The molecule has 0 unspecified atom stereocenters. The SMILES string of the molecule is O=C(Cc1ccc(Cl)cc1)Cc1cccc(C(F)(F)F)c1. The van der Waals surface area contributed by atoms with E-state index in [1.54, 1.807) is 24.3 Å². The molecule has 0 saturated heterocycles. The molecule has 0 N–H and O–H groups in total. The summed E-state index contributed by atoms with van der Waals surface area (Å²) in [5.74, 6) is -0.142. The molecule has 0 amide bonds. The van der Waals surface area contributed by atoms with Gasteiger partial charge >= 0.3 is 6.18 Å². The molecule has 0 spiro atoms. The molecule has 2 rings (SSSR count). The monoisotopic (exact) mass is 312 g/mol. The Bertz CT molecular complexity index is 633. The minimum absolute atomic E-state index is 0.0213. The summed E-state index contributed by atoms with van der Waals surface area (Å²) in [6.07, 6.45) is -4.24. The zero-order valence-corrected chi connectivity index (χ0v) is 11.7. The van der Waals surface area contributed by atoms with Gasteiger partial charge in [-0.1, -0.05) is 41.9 Å². The van der Waals surface area contributed by atoms with E-state index in [0.29, 0.717) is 10.6 Å². The van der Waals surface area contributed by atoms with Crippen LogP contribution >= 0.6 is 11.6 Å². The van der Waals surface area contributed by atoms with Crippen molar-refractivity contribution in [2.75, 3.05) is 0 Å². The number of ketones is 1. The van der Waals surface area contributed by atoms with Gasteiger partial charge in [-0.15, -0.1) is 0 Å². The summed E-state index contributed by atoms with van der Waals surface area (Å²) in [7, 11) is 0. The summed E-state index contributed by atoms with van der Waals surface area (Å²) in [4.78, 5) is 11.9. The predicted octanol–water partition coefficient (Wildman–Crippen LogP) is 4.71. The standard InChI is InChI=1S/C16H12ClF3O/c17-14-6-4-11(5-7-14)9-15(21)10-12-2-1-3-13(8-12)16(18,19)20/h1-8H,9-10H2. The number of carbonyl (C=O) groups is 1. The van der Waals surface area contributed by atoms with Crippen LogP contribution in [0.15, 0.2) is 48.5 Å². The molecular formula is C16H12ClF3O. The molecule has 0 fully saturated rings. The minimum atomic E-state index is -4.39. The second-order valence-corrected chi connectivity index (χ2v) is 5.15. The van der Waals surface area contributed by atoms with Crippen molar-refractivity contribution < 1.29 is 18.0 Å². The van der Waals surface area contributed by atoms with Gasteiger partial charge in [0.25, 0.3) is 0 Å². The van der Waals surface area contributed by atoms with Crippen LogP contribution in [-0.4, -0.2) is 5.78 Å². The molecule has 0 aliphatic heterocycles. The molecule has 0 atom stereocenters. The fraction of sp³-hybridized carbons (Fsp3) is 0.188. The van der Waals surface area contributed by atoms with Crippen LogP contribution in [0, 0.1) is 0 Å². The van der Waals surface area contributed by atoms with E-state index in [4.69, 9.17) is 11.6 Å². The van der Waals surface area contributed by atoms with E-state index in [1.807, 2.05) is 0 Å². The lowest BCUT2D eigenvalue weighted by Gasteiger charge is -2.08. The summed E-state index contributed by atoms with van der Waals surface area (Å²) >= 11 is 5.75. The van der Waals surface area contributed by atoms with Crippen LogP contribution in [0.3, 0.4) is 0 Å². The van der Waals surface area contributed by atoms with Crippen LogP contribution in [0.5, 0.6) is 0 Å². The van der Waals surface area contributed by atoms with Crippen molar-refractivity contribution in [3.05, 3.63) is 70.2 Å². The molecule has 0 aliphatic carbocycles. The average Bonchev–Trinajstić information content (AvgIpc) is 2.41. The van der Waals surface area contributed by atoms with Crippen LogP contribution < -0.4 is 0 Å². The first kappa shape index (κ1) is 15.6. The largest absolute Gasteiger partial charge is 0.416 e. The van der Waals surface area contributed by atoms with E-state index in [1.165, 1.54) is 12.1 Å². The van der Waals surface area contributed by atoms with Gasteiger partial charge in [0.15, 0.2) is 0 Å². The first-order valence-electron chi connectivity index (χ1n) is 6.27. The van der Waals surface area contributed by atoms with E-state index in [0.717, 1.165) is 17.7 Å². The van der Waals surface area contributed by atoms with Gasteiger partial charge in [0.2, 0.25) is 0 Å². The number of rotatable bonds is 4. The second kappa shape index (κ2) is 6.31. The lowest BCUT2D eigenvalue weighted by molar-refractivity contribution is -0.137. The molecule has 0 aliphatic rings. The molecule has 21 heavy (non-hydrogen) atoms. The Morgan fingerprint density at radius 3 is 2.19 bits per heavy atom. The highest BCUT2D eigenvalue weighted by atomic mass is 35.5. The summed E-state index contributed by atoms with van der Waals surface area (Å²) in [6.45, 7) is 0.